The van der Waals surface area contributed by atoms with E-state index < -0.39 is 0 Å². The maximum absolute atomic E-state index is 12.5. The summed E-state index contributed by atoms with van der Waals surface area (Å²) >= 11 is 0. The molecule has 2 aromatic rings. The number of aromatic nitrogens is 2. The van der Waals surface area contributed by atoms with Gasteiger partial charge in [0, 0.05) is 24.8 Å². The third-order valence-corrected chi connectivity index (χ3v) is 7.40. The van der Waals surface area contributed by atoms with Crippen LogP contribution in [-0.2, 0) is 20.9 Å². The molecule has 34 heavy (non-hydrogen) atoms. The second-order valence-corrected chi connectivity index (χ2v) is 9.50. The van der Waals surface area contributed by atoms with Crippen molar-refractivity contribution in [3.05, 3.63) is 36.2 Å². The summed E-state index contributed by atoms with van der Waals surface area (Å²) in [4.78, 5) is 34.7. The fourth-order valence-electron chi connectivity index (χ4n) is 5.27. The van der Waals surface area contributed by atoms with Crippen LogP contribution >= 0.6 is 0 Å². The van der Waals surface area contributed by atoms with Gasteiger partial charge in [-0.05, 0) is 56.4 Å². The first-order valence-corrected chi connectivity index (χ1v) is 11.7. The van der Waals surface area contributed by atoms with Gasteiger partial charge in [-0.2, -0.15) is 0 Å². The lowest BCUT2D eigenvalue weighted by Gasteiger charge is -2.54. The van der Waals surface area contributed by atoms with Crippen molar-refractivity contribution in [3.63, 3.8) is 0 Å². The maximum atomic E-state index is 12.5. The van der Waals surface area contributed by atoms with E-state index in [1.807, 2.05) is 24.3 Å². The summed E-state index contributed by atoms with van der Waals surface area (Å²) in [6.45, 7) is 1.86. The van der Waals surface area contributed by atoms with E-state index in [2.05, 4.69) is 20.6 Å². The van der Waals surface area contributed by atoms with E-state index in [0.29, 0.717) is 42.8 Å². The Morgan fingerprint density at radius 1 is 1.06 bits per heavy atom. The van der Waals surface area contributed by atoms with E-state index in [0.717, 1.165) is 37.8 Å². The van der Waals surface area contributed by atoms with Crippen LogP contribution in [0, 0.1) is 0 Å². The van der Waals surface area contributed by atoms with Gasteiger partial charge in [0.25, 0.3) is 11.8 Å². The fraction of sp³-hybridized carbons (Fsp3) is 0.500. The molecule has 7 rings (SSSR count). The number of nitrogens with zero attached hydrogens (tertiary/aromatic N) is 3. The van der Waals surface area contributed by atoms with Gasteiger partial charge in [-0.3, -0.25) is 14.5 Å². The van der Waals surface area contributed by atoms with Crippen molar-refractivity contribution in [3.8, 4) is 11.5 Å². The van der Waals surface area contributed by atoms with E-state index in [1.165, 1.54) is 0 Å². The largest absolute Gasteiger partial charge is 0.480 e. The van der Waals surface area contributed by atoms with Crippen LogP contribution in [0.25, 0.3) is 0 Å². The Balaban J connectivity index is 1.06. The molecule has 2 N–H and O–H groups in total. The zero-order valence-corrected chi connectivity index (χ0v) is 18.8. The van der Waals surface area contributed by atoms with E-state index in [-0.39, 0.29) is 36.2 Å². The van der Waals surface area contributed by atoms with Gasteiger partial charge in [-0.25, -0.2) is 9.97 Å². The molecular weight excluding hydrogens is 438 g/mol. The van der Waals surface area contributed by atoms with Crippen LogP contribution in [0.1, 0.15) is 37.8 Å². The van der Waals surface area contributed by atoms with Gasteiger partial charge < -0.3 is 24.8 Å². The molecule has 178 valence electrons. The van der Waals surface area contributed by atoms with Gasteiger partial charge >= 0.3 is 0 Å². The quantitative estimate of drug-likeness (QED) is 0.664. The highest BCUT2D eigenvalue weighted by molar-refractivity contribution is 5.96. The van der Waals surface area contributed by atoms with Crippen molar-refractivity contribution in [2.24, 2.45) is 0 Å². The number of rotatable bonds is 6. The summed E-state index contributed by atoms with van der Waals surface area (Å²) < 4.78 is 17.3. The van der Waals surface area contributed by atoms with Crippen LogP contribution in [0.3, 0.4) is 0 Å². The Hall–Kier alpha value is -3.24. The van der Waals surface area contributed by atoms with Crippen molar-refractivity contribution < 1.29 is 23.8 Å². The SMILES string of the molecule is O=C1COc2ccc(CNC34CCC(CCN5C(=O)COc6cccnc65)(CC3)OC4)nc2N1. The highest BCUT2D eigenvalue weighted by atomic mass is 16.5. The predicted molar refractivity (Wildman–Crippen MR) is 122 cm³/mol. The van der Waals surface area contributed by atoms with E-state index >= 15 is 0 Å². The van der Waals surface area contributed by atoms with Gasteiger partial charge in [0.05, 0.1) is 17.9 Å². The fourth-order valence-corrected chi connectivity index (χ4v) is 5.27. The molecule has 0 unspecified atom stereocenters. The zero-order valence-electron chi connectivity index (χ0n) is 18.8. The molecule has 10 heteroatoms. The number of hydrogen-bond acceptors (Lipinski definition) is 8. The van der Waals surface area contributed by atoms with Gasteiger partial charge in [-0.1, -0.05) is 0 Å². The minimum Gasteiger partial charge on any atom is -0.480 e. The third-order valence-electron chi connectivity index (χ3n) is 7.40. The Morgan fingerprint density at radius 2 is 1.91 bits per heavy atom. The number of carbonyl (C=O) groups is 2. The molecule has 0 spiro atoms. The van der Waals surface area contributed by atoms with Crippen LogP contribution in [-0.4, -0.2) is 59.3 Å². The molecule has 2 amide bonds. The van der Waals surface area contributed by atoms with Gasteiger partial charge in [0.2, 0.25) is 0 Å². The first-order chi connectivity index (χ1) is 16.5. The van der Waals surface area contributed by atoms with E-state index in [1.54, 1.807) is 11.1 Å². The molecule has 6 heterocycles. The molecule has 4 aliphatic heterocycles. The van der Waals surface area contributed by atoms with Crippen LogP contribution < -0.4 is 25.0 Å². The van der Waals surface area contributed by atoms with E-state index in [9.17, 15) is 9.59 Å². The number of fused-ring (bicyclic) bond motifs is 5. The lowest BCUT2D eigenvalue weighted by Crippen LogP contribution is -2.62. The third kappa shape index (κ3) is 3.86. The summed E-state index contributed by atoms with van der Waals surface area (Å²) in [6, 6.07) is 7.42. The van der Waals surface area contributed by atoms with E-state index in [4.69, 9.17) is 14.2 Å². The van der Waals surface area contributed by atoms with Crippen LogP contribution in [0.4, 0.5) is 11.6 Å². The maximum Gasteiger partial charge on any atom is 0.266 e. The van der Waals surface area contributed by atoms with Crippen molar-refractivity contribution >= 4 is 23.5 Å². The molecular formula is C24H27N5O5. The second kappa shape index (κ2) is 8.21. The summed E-state index contributed by atoms with van der Waals surface area (Å²) in [5.74, 6) is 2.07. The predicted octanol–water partition coefficient (Wildman–Crippen LogP) is 1.79. The Labute approximate surface area is 197 Å². The molecule has 5 aliphatic rings. The van der Waals surface area contributed by atoms with Gasteiger partial charge in [0.1, 0.15) is 0 Å². The molecule has 2 aromatic heterocycles. The molecule has 0 atom stereocenters. The Bertz CT molecular complexity index is 1110. The number of nitrogens with one attached hydrogen (secondary N) is 2. The van der Waals surface area contributed by atoms with Crippen molar-refractivity contribution in [1.82, 2.24) is 15.3 Å². The number of amides is 2. The minimum absolute atomic E-state index is 0.0250. The molecule has 2 saturated heterocycles. The smallest absolute Gasteiger partial charge is 0.266 e. The normalized spacial score (nSPS) is 27.4. The molecule has 0 aromatic carbocycles. The lowest BCUT2D eigenvalue weighted by atomic mass is 9.70. The van der Waals surface area contributed by atoms with Crippen LogP contribution in [0.15, 0.2) is 30.5 Å². The van der Waals surface area contributed by atoms with Gasteiger partial charge in [0.15, 0.2) is 36.3 Å². The molecule has 1 saturated carbocycles. The highest BCUT2D eigenvalue weighted by Crippen LogP contribution is 2.46. The number of hydrogen-bond donors (Lipinski definition) is 2. The molecule has 0 radical (unpaired) electrons. The molecule has 2 bridgehead atoms. The molecule has 1 aliphatic carbocycles. The molecule has 3 fully saturated rings. The highest BCUT2D eigenvalue weighted by Gasteiger charge is 2.49. The summed E-state index contributed by atoms with van der Waals surface area (Å²) in [5.41, 5.74) is 0.559. The number of carbonyl (C=O) groups excluding carboxylic acids is 2. The van der Waals surface area contributed by atoms with Crippen molar-refractivity contribution in [2.75, 3.05) is 36.6 Å². The minimum atomic E-state index is -0.206. The zero-order chi connectivity index (χ0) is 23.2. The van der Waals surface area contributed by atoms with Gasteiger partial charge in [-0.15, -0.1) is 0 Å². The first kappa shape index (κ1) is 21.3. The standard InChI is InChI=1S/C24H27N5O5/c30-19-13-32-17-4-3-16(27-21(17)28-19)12-26-23-5-7-24(8-6-23,34-15-23)9-11-29-20(31)14-33-18-2-1-10-25-22(18)29/h1-4,10,26H,5-9,11-15H2,(H,27,28,30). The Morgan fingerprint density at radius 3 is 2.74 bits per heavy atom. The monoisotopic (exact) mass is 465 g/mol. The Kier molecular flexibility index (Phi) is 5.14. The van der Waals surface area contributed by atoms with Crippen molar-refractivity contribution in [2.45, 2.75) is 49.8 Å². The average molecular weight is 466 g/mol. The van der Waals surface area contributed by atoms with Crippen molar-refractivity contribution in [1.29, 1.82) is 0 Å². The number of ether oxygens (including phenoxy) is 3. The van der Waals surface area contributed by atoms with Crippen LogP contribution in [0.5, 0.6) is 11.5 Å². The average Bonchev–Trinajstić information content (AvgIpc) is 2.88. The number of anilines is 2. The number of pyridine rings is 2. The van der Waals surface area contributed by atoms with Crippen LogP contribution in [0.2, 0.25) is 0 Å². The summed E-state index contributed by atoms with van der Waals surface area (Å²) in [6.07, 6.45) is 6.34. The second-order valence-electron chi connectivity index (χ2n) is 9.50. The summed E-state index contributed by atoms with van der Waals surface area (Å²) in [7, 11) is 0. The molecule has 10 nitrogen and oxygen atoms in total. The lowest BCUT2D eigenvalue weighted by molar-refractivity contribution is -0.164. The topological polar surface area (TPSA) is 115 Å². The summed E-state index contributed by atoms with van der Waals surface area (Å²) in [5, 5.41) is 6.42. The first-order valence-electron chi connectivity index (χ1n) is 11.7.